The quantitative estimate of drug-likeness (QED) is 0.563. The van der Waals surface area contributed by atoms with Gasteiger partial charge in [0.2, 0.25) is 5.82 Å². The van der Waals surface area contributed by atoms with Gasteiger partial charge in [-0.25, -0.2) is 4.98 Å². The Morgan fingerprint density at radius 2 is 2.15 bits per heavy atom. The van der Waals surface area contributed by atoms with Crippen molar-refractivity contribution < 1.29 is 9.13 Å². The van der Waals surface area contributed by atoms with E-state index < -0.39 is 15.7 Å². The van der Waals surface area contributed by atoms with Gasteiger partial charge in [0.25, 0.3) is 0 Å². The molecular weight excluding hydrogens is 280 g/mol. The number of pyridine rings is 1. The average molecular weight is 300 g/mol. The van der Waals surface area contributed by atoms with Gasteiger partial charge in [0.15, 0.2) is 0 Å². The number of hydrogen-bond donors (Lipinski definition) is 2. The van der Waals surface area contributed by atoms with Crippen LogP contribution in [0.5, 0.6) is 0 Å². The van der Waals surface area contributed by atoms with Crippen molar-refractivity contribution >= 4 is 28.1 Å². The number of nitrogens with zero attached hydrogens (tertiary/aromatic N) is 2. The minimum atomic E-state index is -0.987. The monoisotopic (exact) mass is 300 g/mol. The molecule has 1 aromatic heterocycles. The highest BCUT2D eigenvalue weighted by Gasteiger charge is 2.17. The van der Waals surface area contributed by atoms with Crippen LogP contribution in [-0.4, -0.2) is 38.7 Å². The molecular formula is C12H20N4O3S. The molecule has 2 unspecified atom stereocenters. The molecule has 0 fully saturated rings. The Morgan fingerprint density at radius 3 is 2.70 bits per heavy atom. The second kappa shape index (κ2) is 7.78. The fourth-order valence-corrected chi connectivity index (χ4v) is 1.76. The molecule has 2 atom stereocenters. The van der Waals surface area contributed by atoms with Crippen LogP contribution in [0.3, 0.4) is 0 Å². The molecule has 0 aliphatic carbocycles. The summed E-state index contributed by atoms with van der Waals surface area (Å²) >= 11 is 0. The number of rotatable bonds is 8. The van der Waals surface area contributed by atoms with Crippen LogP contribution in [0.4, 0.5) is 17.3 Å². The number of nitro groups is 1. The second-order valence-electron chi connectivity index (χ2n) is 4.44. The summed E-state index contributed by atoms with van der Waals surface area (Å²) in [4.78, 5) is 14.7. The van der Waals surface area contributed by atoms with Crippen molar-refractivity contribution in [3.8, 4) is 0 Å². The molecule has 20 heavy (non-hydrogen) atoms. The van der Waals surface area contributed by atoms with Crippen molar-refractivity contribution in [2.75, 3.05) is 30.0 Å². The largest absolute Gasteiger partial charge is 0.370 e. The smallest absolute Gasteiger partial charge is 0.311 e. The summed E-state index contributed by atoms with van der Waals surface area (Å²) in [6.45, 7) is 4.96. The van der Waals surface area contributed by atoms with Crippen molar-refractivity contribution in [2.24, 2.45) is 0 Å². The molecule has 0 aliphatic rings. The predicted molar refractivity (Wildman–Crippen MR) is 81.7 cm³/mol. The zero-order valence-electron chi connectivity index (χ0n) is 11.9. The van der Waals surface area contributed by atoms with E-state index in [1.54, 1.807) is 12.3 Å². The van der Waals surface area contributed by atoms with Crippen LogP contribution in [0.25, 0.3) is 0 Å². The molecule has 0 amide bonds. The molecule has 0 saturated heterocycles. The summed E-state index contributed by atoms with van der Waals surface area (Å²) in [6, 6.07) is 3.00. The van der Waals surface area contributed by atoms with Gasteiger partial charge in [-0.3, -0.25) is 14.3 Å². The molecule has 0 radical (unpaired) electrons. The maximum absolute atomic E-state index is 11.3. The van der Waals surface area contributed by atoms with Gasteiger partial charge in [-0.15, -0.1) is 0 Å². The van der Waals surface area contributed by atoms with Gasteiger partial charge < -0.3 is 10.6 Å². The summed E-state index contributed by atoms with van der Waals surface area (Å²) in [5.74, 6) is 0.790. The Kier molecular flexibility index (Phi) is 6.37. The van der Waals surface area contributed by atoms with Gasteiger partial charge in [-0.1, -0.05) is 6.92 Å². The topological polar surface area (TPSA) is 97.2 Å². The lowest BCUT2D eigenvalue weighted by Crippen LogP contribution is -2.21. The molecule has 7 nitrogen and oxygen atoms in total. The Balaban J connectivity index is 2.88. The van der Waals surface area contributed by atoms with E-state index in [-0.39, 0.29) is 16.8 Å². The van der Waals surface area contributed by atoms with Gasteiger partial charge >= 0.3 is 5.69 Å². The van der Waals surface area contributed by atoms with E-state index >= 15 is 0 Å². The number of nitrogens with one attached hydrogen (secondary N) is 2. The van der Waals surface area contributed by atoms with Crippen molar-refractivity contribution in [3.05, 3.63) is 22.2 Å². The third-order valence-corrected chi connectivity index (χ3v) is 4.05. The highest BCUT2D eigenvalue weighted by atomic mass is 32.2. The highest BCUT2D eigenvalue weighted by molar-refractivity contribution is 7.84. The minimum Gasteiger partial charge on any atom is -0.370 e. The fraction of sp³-hybridized carbons (Fsp3) is 0.583. The Bertz CT molecular complexity index is 496. The zero-order valence-corrected chi connectivity index (χ0v) is 12.7. The normalized spacial score (nSPS) is 13.6. The molecule has 1 aromatic rings. The first-order chi connectivity index (χ1) is 9.45. The molecule has 112 valence electrons. The van der Waals surface area contributed by atoms with Gasteiger partial charge in [0.1, 0.15) is 5.82 Å². The summed E-state index contributed by atoms with van der Waals surface area (Å²) in [5.41, 5.74) is -0.0823. The van der Waals surface area contributed by atoms with Gasteiger partial charge in [-0.2, -0.15) is 0 Å². The number of anilines is 2. The Hall–Kier alpha value is -1.70. The predicted octanol–water partition coefficient (Wildman–Crippen LogP) is 1.99. The van der Waals surface area contributed by atoms with Crippen LogP contribution in [0.1, 0.15) is 20.3 Å². The Labute approximate surface area is 120 Å². The average Bonchev–Trinajstić information content (AvgIpc) is 2.42. The van der Waals surface area contributed by atoms with Gasteiger partial charge in [0.05, 0.1) is 4.92 Å². The first-order valence-electron chi connectivity index (χ1n) is 6.41. The molecule has 0 aromatic carbocycles. The van der Waals surface area contributed by atoms with Crippen LogP contribution < -0.4 is 10.6 Å². The lowest BCUT2D eigenvalue weighted by molar-refractivity contribution is -0.384. The Morgan fingerprint density at radius 1 is 1.45 bits per heavy atom. The van der Waals surface area contributed by atoms with E-state index in [0.717, 1.165) is 13.0 Å². The molecule has 8 heteroatoms. The van der Waals surface area contributed by atoms with Crippen molar-refractivity contribution in [1.82, 2.24) is 4.98 Å². The van der Waals surface area contributed by atoms with E-state index in [2.05, 4.69) is 15.6 Å². The molecule has 0 saturated carbocycles. The SMILES string of the molecule is CCCNc1ccc([N+](=O)[O-])c(NCC(C)S(C)=O)n1. The lowest BCUT2D eigenvalue weighted by Gasteiger charge is -2.12. The van der Waals surface area contributed by atoms with E-state index in [1.165, 1.54) is 6.07 Å². The van der Waals surface area contributed by atoms with Crippen LogP contribution in [0.15, 0.2) is 12.1 Å². The van der Waals surface area contributed by atoms with Gasteiger partial charge in [0, 0.05) is 41.5 Å². The summed E-state index contributed by atoms with van der Waals surface area (Å²) in [7, 11) is -0.987. The first kappa shape index (κ1) is 16.4. The van der Waals surface area contributed by atoms with Crippen LogP contribution in [-0.2, 0) is 10.8 Å². The first-order valence-corrected chi connectivity index (χ1v) is 8.03. The molecule has 0 spiro atoms. The van der Waals surface area contributed by atoms with Crippen molar-refractivity contribution in [3.63, 3.8) is 0 Å². The number of aromatic nitrogens is 1. The summed E-state index contributed by atoms with van der Waals surface area (Å²) in [6.07, 6.45) is 2.54. The number of hydrogen-bond acceptors (Lipinski definition) is 6. The van der Waals surface area contributed by atoms with Crippen molar-refractivity contribution in [2.45, 2.75) is 25.5 Å². The van der Waals surface area contributed by atoms with E-state index in [4.69, 9.17) is 0 Å². The third-order valence-electron chi connectivity index (χ3n) is 2.75. The van der Waals surface area contributed by atoms with E-state index in [0.29, 0.717) is 12.4 Å². The second-order valence-corrected chi connectivity index (χ2v) is 6.24. The molecule has 0 bridgehead atoms. The van der Waals surface area contributed by atoms with Gasteiger partial charge in [-0.05, 0) is 19.4 Å². The molecule has 0 aliphatic heterocycles. The zero-order chi connectivity index (χ0) is 15.1. The third kappa shape index (κ3) is 4.76. The fourth-order valence-electron chi connectivity index (χ4n) is 1.44. The minimum absolute atomic E-state index is 0.0823. The molecule has 1 rings (SSSR count). The van der Waals surface area contributed by atoms with Crippen molar-refractivity contribution in [1.29, 1.82) is 0 Å². The maximum Gasteiger partial charge on any atom is 0.311 e. The van der Waals surface area contributed by atoms with Crippen LogP contribution in [0, 0.1) is 10.1 Å². The van der Waals surface area contributed by atoms with Crippen LogP contribution in [0.2, 0.25) is 0 Å². The van der Waals surface area contributed by atoms with E-state index in [9.17, 15) is 14.3 Å². The van der Waals surface area contributed by atoms with Crippen LogP contribution >= 0.6 is 0 Å². The van der Waals surface area contributed by atoms with E-state index in [1.807, 2.05) is 13.8 Å². The highest BCUT2D eigenvalue weighted by Crippen LogP contribution is 2.24. The standard InChI is InChI=1S/C12H20N4O3S/c1-4-7-13-11-6-5-10(16(17)18)12(15-11)14-8-9(2)20(3)19/h5-6,9H,4,7-8H2,1-3H3,(H2,13,14,15). The molecule has 2 N–H and O–H groups in total. The lowest BCUT2D eigenvalue weighted by atomic mass is 10.3. The summed E-state index contributed by atoms with van der Waals surface area (Å²) in [5, 5.41) is 16.8. The summed E-state index contributed by atoms with van der Waals surface area (Å²) < 4.78 is 11.3. The maximum atomic E-state index is 11.3. The molecule has 1 heterocycles.